The molecule has 0 aromatic carbocycles. The first-order valence-corrected chi connectivity index (χ1v) is 5.70. The molecule has 0 aromatic rings. The molecule has 1 heterocycles. The maximum atomic E-state index is 12.8. The van der Waals surface area contributed by atoms with Gasteiger partial charge in [-0.25, -0.2) is 8.78 Å². The number of alkyl halides is 2. The van der Waals surface area contributed by atoms with Crippen LogP contribution in [-0.4, -0.2) is 28.5 Å². The molecule has 2 nitrogen and oxygen atoms in total. The molecule has 0 atom stereocenters. The summed E-state index contributed by atoms with van der Waals surface area (Å²) in [6.07, 6.45) is 0.183. The molecule has 1 rings (SSSR count). The van der Waals surface area contributed by atoms with E-state index in [1.165, 1.54) is 0 Å². The van der Waals surface area contributed by atoms with Crippen molar-refractivity contribution in [2.75, 3.05) is 11.5 Å². The molecule has 1 aliphatic heterocycles. The zero-order chi connectivity index (χ0) is 10.8. The summed E-state index contributed by atoms with van der Waals surface area (Å²) in [5.41, 5.74) is -1.19. The van der Waals surface area contributed by atoms with Crippen molar-refractivity contribution in [2.24, 2.45) is 5.41 Å². The van der Waals surface area contributed by atoms with E-state index in [9.17, 15) is 13.6 Å². The Balaban J connectivity index is 2.76. The van der Waals surface area contributed by atoms with E-state index in [1.807, 2.05) is 0 Å². The molecule has 0 radical (unpaired) electrons. The fourth-order valence-electron chi connectivity index (χ4n) is 1.82. The SMILES string of the molecule is CC(F)(F)CC1(C(=O)O)CCSCC1. The quantitative estimate of drug-likeness (QED) is 0.800. The molecule has 14 heavy (non-hydrogen) atoms. The van der Waals surface area contributed by atoms with Crippen LogP contribution in [0.15, 0.2) is 0 Å². The first kappa shape index (κ1) is 11.8. The minimum atomic E-state index is -2.89. The minimum absolute atomic E-state index is 0.358. The molecule has 0 unspecified atom stereocenters. The van der Waals surface area contributed by atoms with Gasteiger partial charge in [0.15, 0.2) is 0 Å². The van der Waals surface area contributed by atoms with Crippen molar-refractivity contribution >= 4 is 17.7 Å². The molecule has 0 aromatic heterocycles. The molecular formula is C9H14F2O2S. The van der Waals surface area contributed by atoms with Gasteiger partial charge in [-0.05, 0) is 31.3 Å². The monoisotopic (exact) mass is 224 g/mol. The molecule has 0 amide bonds. The normalized spacial score (nSPS) is 21.9. The van der Waals surface area contributed by atoms with Gasteiger partial charge < -0.3 is 5.11 Å². The Bertz CT molecular complexity index is 219. The lowest BCUT2D eigenvalue weighted by atomic mass is 9.77. The van der Waals surface area contributed by atoms with E-state index in [4.69, 9.17) is 5.11 Å². The van der Waals surface area contributed by atoms with Crippen LogP contribution in [0, 0.1) is 5.41 Å². The Kier molecular flexibility index (Phi) is 3.40. The summed E-state index contributed by atoms with van der Waals surface area (Å²) < 4.78 is 25.7. The number of carboxylic acid groups (broad SMARTS) is 1. The first-order chi connectivity index (χ1) is 6.36. The lowest BCUT2D eigenvalue weighted by Gasteiger charge is -2.34. The van der Waals surface area contributed by atoms with Crippen LogP contribution in [0.2, 0.25) is 0 Å². The summed E-state index contributed by atoms with van der Waals surface area (Å²) in [4.78, 5) is 11.0. The van der Waals surface area contributed by atoms with Gasteiger partial charge in [0.2, 0.25) is 5.92 Å². The number of hydrogen-bond donors (Lipinski definition) is 1. The molecule has 0 saturated carbocycles. The van der Waals surface area contributed by atoms with Crippen molar-refractivity contribution in [1.29, 1.82) is 0 Å². The van der Waals surface area contributed by atoms with Crippen LogP contribution >= 0.6 is 11.8 Å². The van der Waals surface area contributed by atoms with E-state index in [0.29, 0.717) is 24.3 Å². The lowest BCUT2D eigenvalue weighted by Crippen LogP contribution is -2.39. The molecular weight excluding hydrogens is 210 g/mol. The molecule has 1 aliphatic rings. The maximum Gasteiger partial charge on any atom is 0.309 e. The minimum Gasteiger partial charge on any atom is -0.481 e. The molecule has 1 fully saturated rings. The Morgan fingerprint density at radius 1 is 1.50 bits per heavy atom. The van der Waals surface area contributed by atoms with Crippen LogP contribution in [0.4, 0.5) is 8.78 Å². The molecule has 0 aliphatic carbocycles. The van der Waals surface area contributed by atoms with Gasteiger partial charge in [-0.2, -0.15) is 11.8 Å². The predicted molar refractivity (Wildman–Crippen MR) is 51.9 cm³/mol. The molecule has 5 heteroatoms. The number of thioether (sulfide) groups is 1. The van der Waals surface area contributed by atoms with Gasteiger partial charge in [0.25, 0.3) is 0 Å². The van der Waals surface area contributed by atoms with E-state index in [-0.39, 0.29) is 0 Å². The fourth-order valence-corrected chi connectivity index (χ4v) is 3.10. The summed E-state index contributed by atoms with van der Waals surface area (Å²) in [5, 5.41) is 9.01. The van der Waals surface area contributed by atoms with Gasteiger partial charge in [-0.15, -0.1) is 0 Å². The lowest BCUT2D eigenvalue weighted by molar-refractivity contribution is -0.155. The van der Waals surface area contributed by atoms with Gasteiger partial charge in [0, 0.05) is 6.42 Å². The van der Waals surface area contributed by atoms with Crippen molar-refractivity contribution < 1.29 is 18.7 Å². The number of aliphatic carboxylic acids is 1. The second-order valence-corrected chi connectivity index (χ2v) is 5.17. The van der Waals surface area contributed by atoms with E-state index < -0.39 is 23.7 Å². The summed E-state index contributed by atoms with van der Waals surface area (Å²) >= 11 is 1.63. The Labute approximate surface area is 86.1 Å². The number of carbonyl (C=O) groups is 1. The van der Waals surface area contributed by atoms with Crippen molar-refractivity contribution in [3.05, 3.63) is 0 Å². The van der Waals surface area contributed by atoms with Crippen molar-refractivity contribution in [2.45, 2.75) is 32.1 Å². The van der Waals surface area contributed by atoms with Gasteiger partial charge in [0.05, 0.1) is 5.41 Å². The summed E-state index contributed by atoms with van der Waals surface area (Å²) in [6.45, 7) is 0.791. The third-order valence-corrected chi connectivity index (χ3v) is 3.54. The number of rotatable bonds is 3. The highest BCUT2D eigenvalue weighted by atomic mass is 32.2. The van der Waals surface area contributed by atoms with Crippen molar-refractivity contribution in [1.82, 2.24) is 0 Å². The zero-order valence-corrected chi connectivity index (χ0v) is 8.87. The van der Waals surface area contributed by atoms with Crippen LogP contribution in [-0.2, 0) is 4.79 Å². The van der Waals surface area contributed by atoms with Crippen LogP contribution in [0.1, 0.15) is 26.2 Å². The molecule has 82 valence electrons. The third-order valence-electron chi connectivity index (χ3n) is 2.55. The average molecular weight is 224 g/mol. The Morgan fingerprint density at radius 3 is 2.36 bits per heavy atom. The number of carboxylic acids is 1. The maximum absolute atomic E-state index is 12.8. The van der Waals surface area contributed by atoms with Gasteiger partial charge >= 0.3 is 5.97 Å². The van der Waals surface area contributed by atoms with Crippen molar-refractivity contribution in [3.8, 4) is 0 Å². The third kappa shape index (κ3) is 2.83. The molecule has 0 bridgehead atoms. The number of hydrogen-bond acceptors (Lipinski definition) is 2. The van der Waals surface area contributed by atoms with E-state index in [1.54, 1.807) is 11.8 Å². The standard InChI is InChI=1S/C9H14F2O2S/c1-8(10,11)6-9(7(12)13)2-4-14-5-3-9/h2-6H2,1H3,(H,12,13). The summed E-state index contributed by atoms with van der Waals surface area (Å²) in [6, 6.07) is 0. The second-order valence-electron chi connectivity index (χ2n) is 3.94. The molecule has 1 N–H and O–H groups in total. The van der Waals surface area contributed by atoms with Gasteiger partial charge in [-0.3, -0.25) is 4.79 Å². The highest BCUT2D eigenvalue weighted by Gasteiger charge is 2.45. The first-order valence-electron chi connectivity index (χ1n) is 4.55. The van der Waals surface area contributed by atoms with Crippen LogP contribution in [0.3, 0.4) is 0 Å². The van der Waals surface area contributed by atoms with E-state index in [2.05, 4.69) is 0 Å². The predicted octanol–water partition coefficient (Wildman–Crippen LogP) is 2.63. The zero-order valence-electron chi connectivity index (χ0n) is 8.06. The topological polar surface area (TPSA) is 37.3 Å². The van der Waals surface area contributed by atoms with Crippen LogP contribution in [0.5, 0.6) is 0 Å². The fraction of sp³-hybridized carbons (Fsp3) is 0.889. The summed E-state index contributed by atoms with van der Waals surface area (Å²) in [7, 11) is 0. The largest absolute Gasteiger partial charge is 0.481 e. The Morgan fingerprint density at radius 2 is 2.00 bits per heavy atom. The van der Waals surface area contributed by atoms with E-state index >= 15 is 0 Å². The number of halogens is 2. The second kappa shape index (κ2) is 4.04. The highest BCUT2D eigenvalue weighted by Crippen LogP contribution is 2.43. The van der Waals surface area contributed by atoms with Crippen molar-refractivity contribution in [3.63, 3.8) is 0 Å². The Hall–Kier alpha value is -0.320. The van der Waals surface area contributed by atoms with Gasteiger partial charge in [-0.1, -0.05) is 0 Å². The molecule has 0 spiro atoms. The van der Waals surface area contributed by atoms with Crippen LogP contribution < -0.4 is 0 Å². The smallest absolute Gasteiger partial charge is 0.309 e. The van der Waals surface area contributed by atoms with Gasteiger partial charge in [0.1, 0.15) is 0 Å². The van der Waals surface area contributed by atoms with E-state index in [0.717, 1.165) is 6.92 Å². The highest BCUT2D eigenvalue weighted by molar-refractivity contribution is 7.99. The molecule has 1 saturated heterocycles. The van der Waals surface area contributed by atoms with Crippen LogP contribution in [0.25, 0.3) is 0 Å². The average Bonchev–Trinajstić information content (AvgIpc) is 2.02. The summed E-state index contributed by atoms with van der Waals surface area (Å²) in [5.74, 6) is -2.62.